The molecule has 0 aliphatic heterocycles. The number of hydrogen-bond acceptors (Lipinski definition) is 3. The summed E-state index contributed by atoms with van der Waals surface area (Å²) in [5.41, 5.74) is 1.71. The van der Waals surface area contributed by atoms with Crippen LogP contribution in [0.1, 0.15) is 16.8 Å². The van der Waals surface area contributed by atoms with Crippen molar-refractivity contribution in [2.75, 3.05) is 0 Å². The van der Waals surface area contributed by atoms with Gasteiger partial charge < -0.3 is 14.9 Å². The quantitative estimate of drug-likeness (QED) is 0.580. The van der Waals surface area contributed by atoms with Crippen LogP contribution in [-0.2, 0) is 13.0 Å². The Kier molecular flexibility index (Phi) is 4.38. The fourth-order valence-electron chi connectivity index (χ4n) is 2.29. The summed E-state index contributed by atoms with van der Waals surface area (Å²) < 4.78 is 6.35. The Balaban J connectivity index is 1.74. The van der Waals surface area contributed by atoms with Gasteiger partial charge >= 0.3 is 5.56 Å². The van der Waals surface area contributed by atoms with Crippen molar-refractivity contribution in [3.63, 3.8) is 0 Å². The van der Waals surface area contributed by atoms with Crippen LogP contribution >= 0.6 is 0 Å². The minimum atomic E-state index is -0.377. The van der Waals surface area contributed by atoms with Gasteiger partial charge in [0.15, 0.2) is 6.20 Å². The number of H-pyrrole nitrogens is 1. The zero-order valence-electron chi connectivity index (χ0n) is 12.4. The highest BCUT2D eigenvalue weighted by Crippen LogP contribution is 2.16. The van der Waals surface area contributed by atoms with Crippen molar-refractivity contribution in [3.8, 4) is 5.75 Å². The van der Waals surface area contributed by atoms with E-state index in [2.05, 4.69) is 4.98 Å². The molecule has 0 radical (unpaired) electrons. The maximum Gasteiger partial charge on any atom is 0.317 e. The summed E-state index contributed by atoms with van der Waals surface area (Å²) in [5.74, 6) is 0.705. The molecule has 0 amide bonds. The Morgan fingerprint density at radius 2 is 1.83 bits per heavy atom. The van der Waals surface area contributed by atoms with E-state index < -0.39 is 0 Å². The van der Waals surface area contributed by atoms with Crippen molar-refractivity contribution in [2.24, 2.45) is 0 Å². The molecule has 1 heterocycles. The summed E-state index contributed by atoms with van der Waals surface area (Å²) in [6.07, 6.45) is 2.87. The standard InChI is InChI=1S/C18H16N2O3/c21-18-17(20(22)10-9-19-18)12-15-7-4-8-16(11-15)23-13-14-5-2-1-3-6-14/h1-11H,12-13H2,(H,19,21). The Hall–Kier alpha value is -3.08. The van der Waals surface area contributed by atoms with Crippen LogP contribution in [0, 0.1) is 5.21 Å². The van der Waals surface area contributed by atoms with Gasteiger partial charge in [0.1, 0.15) is 12.4 Å². The van der Waals surface area contributed by atoms with E-state index >= 15 is 0 Å². The third-order valence-electron chi connectivity index (χ3n) is 3.47. The molecule has 0 saturated heterocycles. The van der Waals surface area contributed by atoms with Crippen LogP contribution in [0.3, 0.4) is 0 Å². The highest BCUT2D eigenvalue weighted by Gasteiger charge is 2.12. The van der Waals surface area contributed by atoms with Crippen molar-refractivity contribution in [1.82, 2.24) is 4.98 Å². The molecule has 0 saturated carbocycles. The summed E-state index contributed by atoms with van der Waals surface area (Å²) in [6, 6.07) is 17.3. The number of hydrogen-bond donors (Lipinski definition) is 1. The number of aromatic nitrogens is 2. The molecule has 23 heavy (non-hydrogen) atoms. The maximum atomic E-state index is 11.7. The van der Waals surface area contributed by atoms with Gasteiger partial charge in [-0.05, 0) is 23.3 Å². The van der Waals surface area contributed by atoms with Crippen LogP contribution in [0.5, 0.6) is 5.75 Å². The molecule has 0 spiro atoms. The number of nitrogens with zero attached hydrogens (tertiary/aromatic N) is 1. The van der Waals surface area contributed by atoms with E-state index in [0.29, 0.717) is 17.1 Å². The second-order valence-corrected chi connectivity index (χ2v) is 5.16. The van der Waals surface area contributed by atoms with E-state index in [1.165, 1.54) is 12.4 Å². The molecule has 5 nitrogen and oxygen atoms in total. The lowest BCUT2D eigenvalue weighted by atomic mass is 10.1. The first kappa shape index (κ1) is 14.8. The molecule has 0 fully saturated rings. The molecule has 1 aromatic heterocycles. The molecule has 0 aliphatic carbocycles. The number of nitrogens with one attached hydrogen (secondary N) is 1. The average Bonchev–Trinajstić information content (AvgIpc) is 2.58. The molecule has 5 heteroatoms. The van der Waals surface area contributed by atoms with Crippen molar-refractivity contribution >= 4 is 0 Å². The van der Waals surface area contributed by atoms with Crippen molar-refractivity contribution in [3.05, 3.63) is 99.4 Å². The normalized spacial score (nSPS) is 10.4. The van der Waals surface area contributed by atoms with Gasteiger partial charge in [-0.2, -0.15) is 4.73 Å². The highest BCUT2D eigenvalue weighted by atomic mass is 16.5. The largest absolute Gasteiger partial charge is 0.618 e. The van der Waals surface area contributed by atoms with Gasteiger partial charge in [0, 0.05) is 0 Å². The first-order valence-corrected chi connectivity index (χ1v) is 7.28. The predicted molar refractivity (Wildman–Crippen MR) is 86.0 cm³/mol. The molecule has 1 N–H and O–H groups in total. The lowest BCUT2D eigenvalue weighted by Crippen LogP contribution is -2.39. The van der Waals surface area contributed by atoms with Crippen LogP contribution in [0.25, 0.3) is 0 Å². The highest BCUT2D eigenvalue weighted by molar-refractivity contribution is 5.30. The summed E-state index contributed by atoms with van der Waals surface area (Å²) in [7, 11) is 0. The smallest absolute Gasteiger partial charge is 0.317 e. The van der Waals surface area contributed by atoms with Crippen LogP contribution in [-0.4, -0.2) is 4.98 Å². The van der Waals surface area contributed by atoms with E-state index in [0.717, 1.165) is 11.1 Å². The zero-order valence-corrected chi connectivity index (χ0v) is 12.4. The van der Waals surface area contributed by atoms with E-state index in [1.807, 2.05) is 54.6 Å². The third kappa shape index (κ3) is 3.77. The van der Waals surface area contributed by atoms with E-state index in [1.54, 1.807) is 0 Å². The Labute approximate surface area is 133 Å². The molecular weight excluding hydrogens is 292 g/mol. The second-order valence-electron chi connectivity index (χ2n) is 5.16. The molecule has 0 atom stereocenters. The van der Waals surface area contributed by atoms with Crippen LogP contribution < -0.4 is 15.0 Å². The number of ether oxygens (including phenoxy) is 1. The Morgan fingerprint density at radius 3 is 2.61 bits per heavy atom. The van der Waals surface area contributed by atoms with Gasteiger partial charge in [0.05, 0.1) is 12.6 Å². The van der Waals surface area contributed by atoms with Gasteiger partial charge in [-0.1, -0.05) is 42.5 Å². The Bertz CT molecular complexity index is 844. The summed E-state index contributed by atoms with van der Waals surface area (Å²) >= 11 is 0. The van der Waals surface area contributed by atoms with Gasteiger partial charge in [-0.25, -0.2) is 0 Å². The lowest BCUT2D eigenvalue weighted by Gasteiger charge is -2.08. The molecule has 3 aromatic rings. The van der Waals surface area contributed by atoms with Crippen LogP contribution in [0.4, 0.5) is 0 Å². The molecule has 0 bridgehead atoms. The van der Waals surface area contributed by atoms with Gasteiger partial charge in [-0.15, -0.1) is 0 Å². The fourth-order valence-corrected chi connectivity index (χ4v) is 2.29. The van der Waals surface area contributed by atoms with E-state index in [-0.39, 0.29) is 17.7 Å². The topological polar surface area (TPSA) is 69.0 Å². The molecular formula is C18H16N2O3. The van der Waals surface area contributed by atoms with Crippen molar-refractivity contribution in [2.45, 2.75) is 13.0 Å². The number of aromatic amines is 1. The second kappa shape index (κ2) is 6.79. The summed E-state index contributed by atoms with van der Waals surface area (Å²) in [5, 5.41) is 11.7. The van der Waals surface area contributed by atoms with Gasteiger partial charge in [0.25, 0.3) is 5.69 Å². The van der Waals surface area contributed by atoms with Crippen molar-refractivity contribution in [1.29, 1.82) is 0 Å². The average molecular weight is 308 g/mol. The summed E-state index contributed by atoms with van der Waals surface area (Å²) in [6.45, 7) is 0.470. The lowest BCUT2D eigenvalue weighted by molar-refractivity contribution is -0.615. The zero-order chi connectivity index (χ0) is 16.1. The maximum absolute atomic E-state index is 11.7. The SMILES string of the molecule is O=c1[nH]cc[n+]([O-])c1Cc1cccc(OCc2ccccc2)c1. The first-order valence-electron chi connectivity index (χ1n) is 7.28. The molecule has 0 unspecified atom stereocenters. The van der Waals surface area contributed by atoms with Gasteiger partial charge in [0.2, 0.25) is 0 Å². The number of rotatable bonds is 5. The van der Waals surface area contributed by atoms with Crippen LogP contribution in [0.2, 0.25) is 0 Å². The monoisotopic (exact) mass is 308 g/mol. The fraction of sp³-hybridized carbons (Fsp3) is 0.111. The third-order valence-corrected chi connectivity index (χ3v) is 3.47. The van der Waals surface area contributed by atoms with Gasteiger partial charge in [-0.3, -0.25) is 4.79 Å². The first-order chi connectivity index (χ1) is 11.2. The molecule has 2 aromatic carbocycles. The van der Waals surface area contributed by atoms with Crippen molar-refractivity contribution < 1.29 is 9.47 Å². The van der Waals surface area contributed by atoms with E-state index in [9.17, 15) is 10.0 Å². The molecule has 3 rings (SSSR count). The Morgan fingerprint density at radius 1 is 1.04 bits per heavy atom. The predicted octanol–water partition coefficient (Wildman–Crippen LogP) is 2.18. The minimum Gasteiger partial charge on any atom is -0.618 e. The van der Waals surface area contributed by atoms with E-state index in [4.69, 9.17) is 4.74 Å². The molecule has 116 valence electrons. The summed E-state index contributed by atoms with van der Waals surface area (Å²) in [4.78, 5) is 14.2. The minimum absolute atomic E-state index is 0.160. The number of benzene rings is 2. The van der Waals surface area contributed by atoms with Crippen LogP contribution in [0.15, 0.2) is 71.8 Å². The molecule has 0 aliphatic rings.